The number of Topliss-reactive ketones (excluding diaryl/α,β-unsaturated/α-hetero) is 2. The standard InChI is InChI=1S/C26H23N3O7S/c1-11-22(32)20(13(3)30)24-21(23(11)33)26(4)16(35-24)9-15(31)19(25(26)34)12(2)27-10-18-28-17(29-36-18)8-14-6-5-7-37-14/h5-7,9,27,32-33H,8,10H2,1-4H3/b19-12+/t26-/m0/s1. The second-order valence-corrected chi connectivity index (χ2v) is 10.1. The van der Waals surface area contributed by atoms with Crippen LogP contribution in [0, 0.1) is 6.92 Å². The number of aromatic hydroxyl groups is 2. The Morgan fingerprint density at radius 1 is 1.22 bits per heavy atom. The molecular weight excluding hydrogens is 498 g/mol. The van der Waals surface area contributed by atoms with E-state index in [1.165, 1.54) is 26.8 Å². The molecule has 3 heterocycles. The molecule has 1 aliphatic heterocycles. The number of ether oxygens (including phenoxy) is 1. The summed E-state index contributed by atoms with van der Waals surface area (Å²) in [5, 5.41) is 30.3. The van der Waals surface area contributed by atoms with E-state index >= 15 is 0 Å². The maximum atomic E-state index is 13.8. The number of fused-ring (bicyclic) bond motifs is 3. The van der Waals surface area contributed by atoms with E-state index in [1.807, 2.05) is 17.5 Å². The van der Waals surface area contributed by atoms with Crippen molar-refractivity contribution < 1.29 is 33.9 Å². The number of ketones is 3. The third-order valence-electron chi connectivity index (χ3n) is 6.69. The van der Waals surface area contributed by atoms with Crippen LogP contribution in [-0.2, 0) is 28.0 Å². The average Bonchev–Trinajstić information content (AvgIpc) is 3.57. The molecule has 1 aromatic carbocycles. The molecule has 2 aromatic heterocycles. The maximum Gasteiger partial charge on any atom is 0.245 e. The number of aromatic nitrogens is 2. The molecule has 0 saturated heterocycles. The Bertz CT molecular complexity index is 1550. The number of nitrogens with zero attached hydrogens (tertiary/aromatic N) is 2. The summed E-state index contributed by atoms with van der Waals surface area (Å²) < 4.78 is 11.1. The minimum absolute atomic E-state index is 0.0213. The highest BCUT2D eigenvalue weighted by molar-refractivity contribution is 7.09. The van der Waals surface area contributed by atoms with Crippen molar-refractivity contribution in [2.24, 2.45) is 0 Å². The lowest BCUT2D eigenvalue weighted by atomic mass is 9.70. The molecule has 5 rings (SSSR count). The van der Waals surface area contributed by atoms with Crippen molar-refractivity contribution in [1.82, 2.24) is 15.5 Å². The first-order chi connectivity index (χ1) is 17.5. The quantitative estimate of drug-likeness (QED) is 0.250. The Labute approximate surface area is 215 Å². The highest BCUT2D eigenvalue weighted by atomic mass is 32.1. The van der Waals surface area contributed by atoms with Crippen molar-refractivity contribution in [2.75, 3.05) is 0 Å². The van der Waals surface area contributed by atoms with Crippen LogP contribution in [0.1, 0.15) is 58.8 Å². The number of allylic oxidation sites excluding steroid dienone is 4. The number of phenolic OH excluding ortho intramolecular Hbond substituents is 2. The number of benzene rings is 1. The molecular formula is C26H23N3O7S. The Hall–Kier alpha value is -4.25. The summed E-state index contributed by atoms with van der Waals surface area (Å²) in [5.41, 5.74) is -1.51. The summed E-state index contributed by atoms with van der Waals surface area (Å²) in [6, 6.07) is 3.91. The van der Waals surface area contributed by atoms with Crippen LogP contribution >= 0.6 is 11.3 Å². The third kappa shape index (κ3) is 3.73. The normalized spacial score (nSPS) is 19.7. The molecule has 0 unspecified atom stereocenters. The van der Waals surface area contributed by atoms with Crippen molar-refractivity contribution in [3.8, 4) is 17.2 Å². The molecule has 1 atom stereocenters. The van der Waals surface area contributed by atoms with Crippen molar-refractivity contribution in [2.45, 2.75) is 46.1 Å². The van der Waals surface area contributed by atoms with Gasteiger partial charge in [0.1, 0.15) is 34.0 Å². The Balaban J connectivity index is 1.47. The molecule has 190 valence electrons. The van der Waals surface area contributed by atoms with E-state index in [4.69, 9.17) is 9.26 Å². The Morgan fingerprint density at radius 3 is 2.65 bits per heavy atom. The summed E-state index contributed by atoms with van der Waals surface area (Å²) in [7, 11) is 0. The first-order valence-corrected chi connectivity index (χ1v) is 12.3. The van der Waals surface area contributed by atoms with Gasteiger partial charge in [0.05, 0.1) is 17.7 Å². The monoisotopic (exact) mass is 521 g/mol. The number of carbonyl (C=O) groups is 3. The zero-order valence-corrected chi connectivity index (χ0v) is 21.3. The van der Waals surface area contributed by atoms with E-state index in [9.17, 15) is 24.6 Å². The van der Waals surface area contributed by atoms with Gasteiger partial charge in [0.15, 0.2) is 23.2 Å². The van der Waals surface area contributed by atoms with Crippen LogP contribution in [0.15, 0.2) is 45.1 Å². The lowest BCUT2D eigenvalue weighted by molar-refractivity contribution is -0.123. The van der Waals surface area contributed by atoms with Gasteiger partial charge in [-0.25, -0.2) is 0 Å². The van der Waals surface area contributed by atoms with Crippen LogP contribution in [0.4, 0.5) is 0 Å². The molecule has 0 bridgehead atoms. The molecule has 2 aliphatic rings. The molecule has 10 nitrogen and oxygen atoms in total. The molecule has 0 amide bonds. The number of carbonyl (C=O) groups excluding carboxylic acids is 3. The predicted octanol–water partition coefficient (Wildman–Crippen LogP) is 3.39. The number of hydrogen-bond donors (Lipinski definition) is 3. The van der Waals surface area contributed by atoms with Crippen LogP contribution in [0.5, 0.6) is 17.2 Å². The van der Waals surface area contributed by atoms with Crippen LogP contribution in [0.3, 0.4) is 0 Å². The highest BCUT2D eigenvalue weighted by Crippen LogP contribution is 2.57. The van der Waals surface area contributed by atoms with E-state index in [0.29, 0.717) is 12.2 Å². The van der Waals surface area contributed by atoms with Crippen LogP contribution in [0.2, 0.25) is 0 Å². The fourth-order valence-electron chi connectivity index (χ4n) is 4.66. The largest absolute Gasteiger partial charge is 0.507 e. The summed E-state index contributed by atoms with van der Waals surface area (Å²) in [4.78, 5) is 44.6. The summed E-state index contributed by atoms with van der Waals surface area (Å²) in [6.45, 7) is 5.85. The molecule has 0 fully saturated rings. The second-order valence-electron chi connectivity index (χ2n) is 9.10. The van der Waals surface area contributed by atoms with Crippen molar-refractivity contribution in [3.05, 3.63) is 73.9 Å². The summed E-state index contributed by atoms with van der Waals surface area (Å²) >= 11 is 1.59. The highest BCUT2D eigenvalue weighted by Gasteiger charge is 2.56. The number of nitrogens with one attached hydrogen (secondary N) is 1. The maximum absolute atomic E-state index is 13.8. The van der Waals surface area contributed by atoms with Gasteiger partial charge in [0.2, 0.25) is 5.89 Å². The number of thiophene rings is 1. The number of hydrogen-bond acceptors (Lipinski definition) is 11. The fourth-order valence-corrected chi connectivity index (χ4v) is 5.36. The van der Waals surface area contributed by atoms with Gasteiger partial charge in [-0.05, 0) is 39.1 Å². The molecule has 37 heavy (non-hydrogen) atoms. The minimum Gasteiger partial charge on any atom is -0.507 e. The summed E-state index contributed by atoms with van der Waals surface area (Å²) in [6.07, 6.45) is 1.70. The van der Waals surface area contributed by atoms with E-state index in [1.54, 1.807) is 18.3 Å². The average molecular weight is 522 g/mol. The van der Waals surface area contributed by atoms with E-state index < -0.39 is 28.5 Å². The van der Waals surface area contributed by atoms with E-state index in [-0.39, 0.29) is 57.7 Å². The van der Waals surface area contributed by atoms with Crippen molar-refractivity contribution >= 4 is 28.7 Å². The van der Waals surface area contributed by atoms with Crippen molar-refractivity contribution in [3.63, 3.8) is 0 Å². The fraction of sp³-hybridized carbons (Fsp3) is 0.269. The van der Waals surface area contributed by atoms with Gasteiger partial charge in [-0.1, -0.05) is 11.2 Å². The van der Waals surface area contributed by atoms with Gasteiger partial charge < -0.3 is 24.8 Å². The third-order valence-corrected chi connectivity index (χ3v) is 7.56. The molecule has 1 aliphatic carbocycles. The Kier molecular flexibility index (Phi) is 5.75. The van der Waals surface area contributed by atoms with Gasteiger partial charge in [0.25, 0.3) is 0 Å². The van der Waals surface area contributed by atoms with Gasteiger partial charge in [0, 0.05) is 28.6 Å². The number of rotatable bonds is 6. The van der Waals surface area contributed by atoms with Crippen LogP contribution in [-0.4, -0.2) is 37.7 Å². The Morgan fingerprint density at radius 2 is 1.97 bits per heavy atom. The molecule has 3 N–H and O–H groups in total. The molecule has 0 saturated carbocycles. The van der Waals surface area contributed by atoms with E-state index in [0.717, 1.165) is 4.88 Å². The van der Waals surface area contributed by atoms with Gasteiger partial charge in [-0.2, -0.15) is 4.98 Å². The molecule has 0 radical (unpaired) electrons. The van der Waals surface area contributed by atoms with Gasteiger partial charge >= 0.3 is 0 Å². The first kappa shape index (κ1) is 24.4. The SMILES string of the molecule is CC(=O)c1c(O)c(C)c(O)c2c1OC1=CC(=O)/C(=C(/C)NCc3nc(Cc4cccs4)no3)C(=O)[C@@]12C. The summed E-state index contributed by atoms with van der Waals surface area (Å²) in [5.74, 6) is -1.87. The number of phenols is 2. The van der Waals surface area contributed by atoms with Crippen LogP contribution in [0.25, 0.3) is 0 Å². The topological polar surface area (TPSA) is 152 Å². The molecule has 0 spiro atoms. The zero-order chi connectivity index (χ0) is 26.6. The smallest absolute Gasteiger partial charge is 0.245 e. The van der Waals surface area contributed by atoms with E-state index in [2.05, 4.69) is 15.5 Å². The first-order valence-electron chi connectivity index (χ1n) is 11.4. The minimum atomic E-state index is -1.58. The van der Waals surface area contributed by atoms with Gasteiger partial charge in [-0.3, -0.25) is 14.4 Å². The lowest BCUT2D eigenvalue weighted by Crippen LogP contribution is -2.41. The second kappa shape index (κ2) is 8.70. The predicted molar refractivity (Wildman–Crippen MR) is 132 cm³/mol. The molecule has 3 aromatic rings. The molecule has 11 heteroatoms. The van der Waals surface area contributed by atoms with Crippen molar-refractivity contribution in [1.29, 1.82) is 0 Å². The van der Waals surface area contributed by atoms with Crippen LogP contribution < -0.4 is 10.1 Å². The zero-order valence-electron chi connectivity index (χ0n) is 20.5. The lowest BCUT2D eigenvalue weighted by Gasteiger charge is -2.29. The van der Waals surface area contributed by atoms with Gasteiger partial charge in [-0.15, -0.1) is 11.3 Å².